The van der Waals surface area contributed by atoms with Crippen LogP contribution in [0.4, 0.5) is 0 Å². The highest BCUT2D eigenvalue weighted by Crippen LogP contribution is 2.26. The van der Waals surface area contributed by atoms with E-state index in [1.807, 2.05) is 44.4 Å². The molecule has 1 saturated heterocycles. The maximum Gasteiger partial charge on any atom is 0.237 e. The molecule has 28 heavy (non-hydrogen) atoms. The Labute approximate surface area is 176 Å². The lowest BCUT2D eigenvalue weighted by molar-refractivity contribution is -0.127. The van der Waals surface area contributed by atoms with E-state index in [1.54, 1.807) is 12.1 Å². The molecule has 150 valence electrons. The van der Waals surface area contributed by atoms with Crippen molar-refractivity contribution in [1.82, 2.24) is 20.1 Å². The predicted molar refractivity (Wildman–Crippen MR) is 114 cm³/mol. The summed E-state index contributed by atoms with van der Waals surface area (Å²) in [6.07, 6.45) is 3.65. The molecular weight excluding hydrogens is 395 g/mol. The minimum atomic E-state index is -0.184. The van der Waals surface area contributed by atoms with Gasteiger partial charge >= 0.3 is 0 Å². The van der Waals surface area contributed by atoms with Crippen LogP contribution >= 0.6 is 23.2 Å². The number of pyridine rings is 1. The molecule has 0 aliphatic carbocycles. The maximum absolute atomic E-state index is 12.7. The molecule has 2 unspecified atom stereocenters. The zero-order valence-electron chi connectivity index (χ0n) is 16.2. The van der Waals surface area contributed by atoms with Crippen molar-refractivity contribution in [2.24, 2.45) is 0 Å². The second-order valence-corrected chi connectivity index (χ2v) is 8.08. The lowest BCUT2D eigenvalue weighted by Crippen LogP contribution is -2.53. The number of nitrogens with one attached hydrogen (secondary N) is 1. The van der Waals surface area contributed by atoms with Crippen LogP contribution in [0, 0.1) is 0 Å². The fourth-order valence-electron chi connectivity index (χ4n) is 3.49. The molecule has 2 atom stereocenters. The summed E-state index contributed by atoms with van der Waals surface area (Å²) in [5, 5.41) is 4.23. The molecule has 1 N–H and O–H groups in total. The molecule has 1 aromatic heterocycles. The topological polar surface area (TPSA) is 48.5 Å². The summed E-state index contributed by atoms with van der Waals surface area (Å²) in [5.74, 6) is 0.0149. The Morgan fingerprint density at radius 2 is 1.79 bits per heavy atom. The quantitative estimate of drug-likeness (QED) is 0.772. The molecule has 5 nitrogen and oxygen atoms in total. The highest BCUT2D eigenvalue weighted by Gasteiger charge is 2.26. The zero-order chi connectivity index (χ0) is 20.1. The van der Waals surface area contributed by atoms with Gasteiger partial charge in [0.25, 0.3) is 0 Å². The number of aromatic nitrogens is 1. The van der Waals surface area contributed by atoms with Gasteiger partial charge in [-0.25, -0.2) is 0 Å². The molecule has 1 aliphatic rings. The van der Waals surface area contributed by atoms with Gasteiger partial charge in [-0.05, 0) is 49.2 Å². The first-order valence-electron chi connectivity index (χ1n) is 9.54. The first-order chi connectivity index (χ1) is 13.4. The first kappa shape index (κ1) is 21.1. The van der Waals surface area contributed by atoms with Crippen LogP contribution in [0.25, 0.3) is 0 Å². The third-order valence-electron chi connectivity index (χ3n) is 5.28. The lowest BCUT2D eigenvalue weighted by atomic mass is 10.1. The zero-order valence-corrected chi connectivity index (χ0v) is 17.7. The van der Waals surface area contributed by atoms with Crippen molar-refractivity contribution < 1.29 is 4.79 Å². The molecule has 1 aromatic carbocycles. The Kier molecular flexibility index (Phi) is 7.30. The van der Waals surface area contributed by atoms with Gasteiger partial charge in [-0.1, -0.05) is 29.3 Å². The van der Waals surface area contributed by atoms with Crippen LogP contribution < -0.4 is 5.32 Å². The maximum atomic E-state index is 12.7. The number of carbonyl (C=O) groups is 1. The summed E-state index contributed by atoms with van der Waals surface area (Å²) in [4.78, 5) is 21.4. The van der Waals surface area contributed by atoms with Crippen LogP contribution in [-0.2, 0) is 11.3 Å². The van der Waals surface area contributed by atoms with Gasteiger partial charge in [-0.15, -0.1) is 0 Å². The summed E-state index contributed by atoms with van der Waals surface area (Å²) >= 11 is 12.2. The number of halogens is 2. The summed E-state index contributed by atoms with van der Waals surface area (Å²) in [6.45, 7) is 8.45. The summed E-state index contributed by atoms with van der Waals surface area (Å²) in [5.41, 5.74) is 2.14. The molecule has 2 heterocycles. The van der Waals surface area contributed by atoms with Crippen LogP contribution in [0.5, 0.6) is 0 Å². The van der Waals surface area contributed by atoms with Crippen molar-refractivity contribution in [3.8, 4) is 0 Å². The Bertz CT molecular complexity index is 794. The normalized spacial score (nSPS) is 17.9. The smallest absolute Gasteiger partial charge is 0.237 e. The minimum Gasteiger partial charge on any atom is -0.348 e. The number of rotatable bonds is 6. The van der Waals surface area contributed by atoms with E-state index in [4.69, 9.17) is 23.2 Å². The Hall–Kier alpha value is -1.66. The van der Waals surface area contributed by atoms with E-state index < -0.39 is 0 Å². The van der Waals surface area contributed by atoms with Crippen LogP contribution in [0.2, 0.25) is 10.0 Å². The van der Waals surface area contributed by atoms with E-state index >= 15 is 0 Å². The van der Waals surface area contributed by atoms with E-state index in [1.165, 1.54) is 5.56 Å². The minimum absolute atomic E-state index is 0.0149. The molecule has 0 bridgehead atoms. The Morgan fingerprint density at radius 3 is 2.43 bits per heavy atom. The van der Waals surface area contributed by atoms with Gasteiger partial charge in [0.1, 0.15) is 0 Å². The third kappa shape index (κ3) is 5.45. The van der Waals surface area contributed by atoms with E-state index in [9.17, 15) is 4.79 Å². The first-order valence-corrected chi connectivity index (χ1v) is 10.3. The number of nitrogens with zero attached hydrogens (tertiary/aromatic N) is 3. The van der Waals surface area contributed by atoms with E-state index in [0.29, 0.717) is 10.0 Å². The van der Waals surface area contributed by atoms with Crippen LogP contribution in [0.15, 0.2) is 42.7 Å². The van der Waals surface area contributed by atoms with Crippen molar-refractivity contribution in [3.05, 3.63) is 63.9 Å². The van der Waals surface area contributed by atoms with E-state index in [0.717, 1.165) is 38.3 Å². The average Bonchev–Trinajstić information content (AvgIpc) is 2.68. The molecule has 1 amide bonds. The molecular formula is C21H26Cl2N4O. The number of piperazine rings is 1. The second kappa shape index (κ2) is 9.70. The molecule has 0 spiro atoms. The Balaban J connectivity index is 1.50. The molecule has 1 fully saturated rings. The number of benzene rings is 1. The van der Waals surface area contributed by atoms with Crippen molar-refractivity contribution in [2.45, 2.75) is 32.5 Å². The number of amides is 1. The molecule has 1 aliphatic heterocycles. The van der Waals surface area contributed by atoms with Crippen molar-refractivity contribution in [2.75, 3.05) is 26.2 Å². The molecule has 2 aromatic rings. The van der Waals surface area contributed by atoms with Gasteiger partial charge in [0.15, 0.2) is 0 Å². The van der Waals surface area contributed by atoms with Crippen LogP contribution in [-0.4, -0.2) is 52.9 Å². The third-order valence-corrected chi connectivity index (χ3v) is 5.84. The van der Waals surface area contributed by atoms with Gasteiger partial charge in [0.05, 0.1) is 12.1 Å². The predicted octanol–water partition coefficient (Wildman–Crippen LogP) is 3.77. The van der Waals surface area contributed by atoms with Crippen molar-refractivity contribution in [3.63, 3.8) is 0 Å². The average molecular weight is 421 g/mol. The fraction of sp³-hybridized carbons (Fsp3) is 0.429. The van der Waals surface area contributed by atoms with Crippen LogP contribution in [0.1, 0.15) is 31.0 Å². The molecule has 0 radical (unpaired) electrons. The Morgan fingerprint density at radius 1 is 1.11 bits per heavy atom. The van der Waals surface area contributed by atoms with Crippen molar-refractivity contribution >= 4 is 29.1 Å². The van der Waals surface area contributed by atoms with Gasteiger partial charge in [0, 0.05) is 55.2 Å². The SMILES string of the molecule is CC(NC(=O)C(C)N1CCN(Cc2ccncc2)CC1)c1ccc(Cl)cc1Cl. The van der Waals surface area contributed by atoms with Crippen LogP contribution in [0.3, 0.4) is 0 Å². The van der Waals surface area contributed by atoms with E-state index in [-0.39, 0.29) is 18.0 Å². The standard InChI is InChI=1S/C21H26Cl2N4O/c1-15(19-4-3-18(22)13-20(19)23)25-21(28)16(2)27-11-9-26(10-12-27)14-17-5-7-24-8-6-17/h3-8,13,15-16H,9-12,14H2,1-2H3,(H,25,28). The monoisotopic (exact) mass is 420 g/mol. The molecule has 7 heteroatoms. The van der Waals surface area contributed by atoms with Crippen molar-refractivity contribution in [1.29, 1.82) is 0 Å². The van der Waals surface area contributed by atoms with Gasteiger partial charge in [0.2, 0.25) is 5.91 Å². The number of carbonyl (C=O) groups excluding carboxylic acids is 1. The van der Waals surface area contributed by atoms with E-state index in [2.05, 4.69) is 20.1 Å². The van der Waals surface area contributed by atoms with Gasteiger partial charge < -0.3 is 5.32 Å². The summed E-state index contributed by atoms with van der Waals surface area (Å²) < 4.78 is 0. The second-order valence-electron chi connectivity index (χ2n) is 7.24. The highest BCUT2D eigenvalue weighted by molar-refractivity contribution is 6.35. The highest BCUT2D eigenvalue weighted by atomic mass is 35.5. The van der Waals surface area contributed by atoms with Gasteiger partial charge in [-0.2, -0.15) is 0 Å². The molecule has 0 saturated carbocycles. The summed E-state index contributed by atoms with van der Waals surface area (Å²) in [7, 11) is 0. The largest absolute Gasteiger partial charge is 0.348 e. The number of hydrogen-bond acceptors (Lipinski definition) is 4. The number of hydrogen-bond donors (Lipinski definition) is 1. The fourth-order valence-corrected chi connectivity index (χ4v) is 4.06. The van der Waals surface area contributed by atoms with Gasteiger partial charge in [-0.3, -0.25) is 19.6 Å². The summed E-state index contributed by atoms with van der Waals surface area (Å²) in [6, 6.07) is 9.09. The lowest BCUT2D eigenvalue weighted by Gasteiger charge is -2.37. The molecule has 3 rings (SSSR count).